The molecule has 6 nitrogen and oxygen atoms in total. The van der Waals surface area contributed by atoms with Crippen LogP contribution in [0.25, 0.3) is 0 Å². The van der Waals surface area contributed by atoms with Crippen molar-refractivity contribution in [2.24, 2.45) is 0 Å². The molecule has 0 aromatic rings. The lowest BCUT2D eigenvalue weighted by Gasteiger charge is -2.37. The van der Waals surface area contributed by atoms with Crippen molar-refractivity contribution in [2.45, 2.75) is 30.7 Å². The summed E-state index contributed by atoms with van der Waals surface area (Å²) in [5.74, 6) is 0. The van der Waals surface area contributed by atoms with Gasteiger partial charge < -0.3 is 29.9 Å². The zero-order valence-electron chi connectivity index (χ0n) is 7.20. The Balaban J connectivity index is 2.59. The summed E-state index contributed by atoms with van der Waals surface area (Å²) in [6.07, 6.45) is -6.46. The Morgan fingerprint density at radius 2 is 1.69 bits per heavy atom. The number of aliphatic hydroxyl groups excluding tert-OH is 4. The third kappa shape index (κ3) is 2.16. The standard InChI is InChI=1S/C7H14O6/c1-12-2-3-4(8)5(9)6(10)7(11)13-3/h3-11H,2H2,1H3/t3-,4+,5+,6+,7+/m1/s1. The maximum absolute atomic E-state index is 9.33. The van der Waals surface area contributed by atoms with E-state index in [1.54, 1.807) is 0 Å². The second-order valence-corrected chi connectivity index (χ2v) is 2.99. The van der Waals surface area contributed by atoms with E-state index >= 15 is 0 Å². The monoisotopic (exact) mass is 194 g/mol. The number of aliphatic hydroxyl groups is 4. The SMILES string of the molecule is COC[C@H]1O[C@H](O)[C@@H](O)[C@@H](O)[C@H]1O. The molecule has 1 aliphatic rings. The first-order valence-electron chi connectivity index (χ1n) is 3.94. The predicted molar refractivity (Wildman–Crippen MR) is 40.8 cm³/mol. The second kappa shape index (κ2) is 4.32. The van der Waals surface area contributed by atoms with Crippen LogP contribution in [-0.4, -0.2) is 64.8 Å². The van der Waals surface area contributed by atoms with Crippen molar-refractivity contribution in [2.75, 3.05) is 13.7 Å². The lowest BCUT2D eigenvalue weighted by Crippen LogP contribution is -2.58. The average Bonchev–Trinajstić information content (AvgIpc) is 2.11. The molecule has 78 valence electrons. The summed E-state index contributed by atoms with van der Waals surface area (Å²) < 4.78 is 9.49. The Morgan fingerprint density at radius 3 is 2.23 bits per heavy atom. The first-order chi connectivity index (χ1) is 6.07. The highest BCUT2D eigenvalue weighted by molar-refractivity contribution is 4.88. The van der Waals surface area contributed by atoms with E-state index in [1.165, 1.54) is 7.11 Å². The molecule has 6 heteroatoms. The molecule has 5 atom stereocenters. The minimum Gasteiger partial charge on any atom is -0.387 e. The Bertz CT molecular complexity index is 163. The third-order valence-electron chi connectivity index (χ3n) is 2.02. The Morgan fingerprint density at radius 1 is 1.08 bits per heavy atom. The fourth-order valence-corrected chi connectivity index (χ4v) is 1.23. The van der Waals surface area contributed by atoms with Crippen LogP contribution in [0.1, 0.15) is 0 Å². The zero-order valence-corrected chi connectivity index (χ0v) is 7.20. The average molecular weight is 194 g/mol. The molecule has 4 N–H and O–H groups in total. The lowest BCUT2D eigenvalue weighted by molar-refractivity contribution is -0.287. The molecule has 1 aliphatic heterocycles. The fraction of sp³-hybridized carbons (Fsp3) is 1.00. The van der Waals surface area contributed by atoms with Gasteiger partial charge in [-0.1, -0.05) is 0 Å². The van der Waals surface area contributed by atoms with Gasteiger partial charge in [0.1, 0.15) is 24.4 Å². The molecule has 1 heterocycles. The van der Waals surface area contributed by atoms with E-state index in [4.69, 9.17) is 19.7 Å². The van der Waals surface area contributed by atoms with E-state index in [-0.39, 0.29) is 6.61 Å². The molecule has 0 spiro atoms. The van der Waals surface area contributed by atoms with Gasteiger partial charge in [0.15, 0.2) is 6.29 Å². The van der Waals surface area contributed by atoms with E-state index in [0.717, 1.165) is 0 Å². The summed E-state index contributed by atoms with van der Waals surface area (Å²) >= 11 is 0. The van der Waals surface area contributed by atoms with Crippen LogP contribution in [0.2, 0.25) is 0 Å². The van der Waals surface area contributed by atoms with Crippen LogP contribution in [0, 0.1) is 0 Å². The molecule has 0 unspecified atom stereocenters. The Kier molecular flexibility index (Phi) is 3.60. The van der Waals surface area contributed by atoms with Crippen LogP contribution in [0.3, 0.4) is 0 Å². The maximum atomic E-state index is 9.33. The topological polar surface area (TPSA) is 99.4 Å². The molecule has 0 aromatic heterocycles. The smallest absolute Gasteiger partial charge is 0.184 e. The molecule has 1 rings (SSSR count). The molecule has 1 saturated heterocycles. The second-order valence-electron chi connectivity index (χ2n) is 2.99. The van der Waals surface area contributed by atoms with E-state index < -0.39 is 30.7 Å². The van der Waals surface area contributed by atoms with Crippen LogP contribution >= 0.6 is 0 Å². The molecule has 0 bridgehead atoms. The van der Waals surface area contributed by atoms with E-state index in [1.807, 2.05) is 0 Å². The molecule has 0 saturated carbocycles. The third-order valence-corrected chi connectivity index (χ3v) is 2.02. The van der Waals surface area contributed by atoms with Crippen LogP contribution < -0.4 is 0 Å². The van der Waals surface area contributed by atoms with Crippen LogP contribution in [-0.2, 0) is 9.47 Å². The first kappa shape index (κ1) is 10.8. The highest BCUT2D eigenvalue weighted by atomic mass is 16.6. The van der Waals surface area contributed by atoms with E-state index in [9.17, 15) is 10.2 Å². The van der Waals surface area contributed by atoms with Crippen molar-refractivity contribution >= 4 is 0 Å². The van der Waals surface area contributed by atoms with Gasteiger partial charge >= 0.3 is 0 Å². The summed E-state index contributed by atoms with van der Waals surface area (Å²) in [4.78, 5) is 0. The van der Waals surface area contributed by atoms with Gasteiger partial charge in [0.2, 0.25) is 0 Å². The Labute approximate surface area is 75.3 Å². The van der Waals surface area contributed by atoms with Gasteiger partial charge in [0.25, 0.3) is 0 Å². The number of hydrogen-bond acceptors (Lipinski definition) is 6. The van der Waals surface area contributed by atoms with Gasteiger partial charge in [0.05, 0.1) is 6.61 Å². The van der Waals surface area contributed by atoms with Crippen molar-refractivity contribution < 1.29 is 29.9 Å². The zero-order chi connectivity index (χ0) is 10.0. The minimum absolute atomic E-state index is 0.0437. The summed E-state index contributed by atoms with van der Waals surface area (Å²) in [5, 5.41) is 36.7. The van der Waals surface area contributed by atoms with Crippen LogP contribution in [0.4, 0.5) is 0 Å². The van der Waals surface area contributed by atoms with Gasteiger partial charge in [-0.15, -0.1) is 0 Å². The highest BCUT2D eigenvalue weighted by Crippen LogP contribution is 2.19. The summed E-state index contributed by atoms with van der Waals surface area (Å²) in [6, 6.07) is 0. The van der Waals surface area contributed by atoms with E-state index in [2.05, 4.69) is 0 Å². The number of ether oxygens (including phenoxy) is 2. The molecule has 13 heavy (non-hydrogen) atoms. The summed E-state index contributed by atoms with van der Waals surface area (Å²) in [5.41, 5.74) is 0. The van der Waals surface area contributed by atoms with Crippen molar-refractivity contribution in [3.05, 3.63) is 0 Å². The number of rotatable bonds is 2. The van der Waals surface area contributed by atoms with Gasteiger partial charge in [0, 0.05) is 7.11 Å². The molecule has 0 radical (unpaired) electrons. The quantitative estimate of drug-likeness (QED) is 0.386. The number of methoxy groups -OCH3 is 1. The fourth-order valence-electron chi connectivity index (χ4n) is 1.23. The van der Waals surface area contributed by atoms with Crippen molar-refractivity contribution in [1.29, 1.82) is 0 Å². The highest BCUT2D eigenvalue weighted by Gasteiger charge is 2.42. The van der Waals surface area contributed by atoms with Crippen molar-refractivity contribution in [3.63, 3.8) is 0 Å². The predicted octanol–water partition coefficient (Wildman–Crippen LogP) is -2.57. The van der Waals surface area contributed by atoms with Gasteiger partial charge in [-0.05, 0) is 0 Å². The summed E-state index contributed by atoms with van der Waals surface area (Å²) in [7, 11) is 1.40. The maximum Gasteiger partial charge on any atom is 0.184 e. The normalized spacial score (nSPS) is 46.4. The minimum atomic E-state index is -1.49. The number of hydrogen-bond donors (Lipinski definition) is 4. The van der Waals surface area contributed by atoms with Crippen molar-refractivity contribution in [3.8, 4) is 0 Å². The molecule has 1 fully saturated rings. The molecule has 0 amide bonds. The van der Waals surface area contributed by atoms with E-state index in [0.29, 0.717) is 0 Å². The molecular weight excluding hydrogens is 180 g/mol. The Hall–Kier alpha value is -0.240. The van der Waals surface area contributed by atoms with Gasteiger partial charge in [-0.2, -0.15) is 0 Å². The lowest BCUT2D eigenvalue weighted by atomic mass is 9.99. The largest absolute Gasteiger partial charge is 0.387 e. The van der Waals surface area contributed by atoms with Crippen molar-refractivity contribution in [1.82, 2.24) is 0 Å². The van der Waals surface area contributed by atoms with Gasteiger partial charge in [-0.3, -0.25) is 0 Å². The van der Waals surface area contributed by atoms with Crippen LogP contribution in [0.5, 0.6) is 0 Å². The summed E-state index contributed by atoms with van der Waals surface area (Å²) in [6.45, 7) is 0.0437. The molecular formula is C7H14O6. The van der Waals surface area contributed by atoms with Gasteiger partial charge in [-0.25, -0.2) is 0 Å². The van der Waals surface area contributed by atoms with Crippen LogP contribution in [0.15, 0.2) is 0 Å². The molecule has 0 aromatic carbocycles. The first-order valence-corrected chi connectivity index (χ1v) is 3.94. The molecule has 0 aliphatic carbocycles.